The van der Waals surface area contributed by atoms with E-state index in [1.807, 2.05) is 24.3 Å². The van der Waals surface area contributed by atoms with E-state index < -0.39 is 6.03 Å². The van der Waals surface area contributed by atoms with Gasteiger partial charge in [-0.25, -0.2) is 4.79 Å². The number of benzene rings is 1. The van der Waals surface area contributed by atoms with Crippen LogP contribution in [0, 0.1) is 11.8 Å². The molecule has 1 aromatic rings. The molecular formula is C23H34N4O3. The number of hydrogen-bond donors (Lipinski definition) is 4. The van der Waals surface area contributed by atoms with Crippen molar-refractivity contribution in [1.29, 1.82) is 0 Å². The highest BCUT2D eigenvalue weighted by Crippen LogP contribution is 2.28. The van der Waals surface area contributed by atoms with Crippen molar-refractivity contribution in [2.75, 3.05) is 5.32 Å². The van der Waals surface area contributed by atoms with Crippen LogP contribution in [0.15, 0.2) is 24.3 Å². The van der Waals surface area contributed by atoms with Crippen molar-refractivity contribution in [2.24, 2.45) is 17.6 Å². The molecule has 0 unspecified atom stereocenters. The highest BCUT2D eigenvalue weighted by Gasteiger charge is 2.27. The summed E-state index contributed by atoms with van der Waals surface area (Å²) in [6.07, 6.45) is 10.1. The molecule has 30 heavy (non-hydrogen) atoms. The molecule has 164 valence electrons. The van der Waals surface area contributed by atoms with E-state index in [1.54, 1.807) is 0 Å². The van der Waals surface area contributed by atoms with E-state index in [-0.39, 0.29) is 23.8 Å². The van der Waals surface area contributed by atoms with Crippen molar-refractivity contribution < 1.29 is 14.4 Å². The van der Waals surface area contributed by atoms with Gasteiger partial charge >= 0.3 is 6.03 Å². The molecule has 0 heterocycles. The topological polar surface area (TPSA) is 113 Å². The number of urea groups is 1. The lowest BCUT2D eigenvalue weighted by molar-refractivity contribution is -0.123. The Morgan fingerprint density at radius 3 is 2.20 bits per heavy atom. The van der Waals surface area contributed by atoms with Crippen LogP contribution in [0.4, 0.5) is 10.5 Å². The smallest absolute Gasteiger partial charge is 0.312 e. The number of rotatable bonds is 7. The van der Waals surface area contributed by atoms with Gasteiger partial charge in [0.1, 0.15) is 0 Å². The van der Waals surface area contributed by atoms with Gasteiger partial charge in [0, 0.05) is 30.6 Å². The summed E-state index contributed by atoms with van der Waals surface area (Å²) in [5, 5.41) is 8.70. The van der Waals surface area contributed by atoms with Gasteiger partial charge in [-0.2, -0.15) is 0 Å². The summed E-state index contributed by atoms with van der Waals surface area (Å²) in [4.78, 5) is 35.7. The van der Waals surface area contributed by atoms with Gasteiger partial charge in [0.25, 0.3) is 0 Å². The number of amides is 4. The molecule has 0 saturated heterocycles. The maximum absolute atomic E-state index is 12.6. The normalized spacial score (nSPS) is 22.1. The van der Waals surface area contributed by atoms with Crippen LogP contribution in [0.3, 0.4) is 0 Å². The van der Waals surface area contributed by atoms with Crippen molar-refractivity contribution in [3.05, 3.63) is 29.8 Å². The summed E-state index contributed by atoms with van der Waals surface area (Å²) in [5.74, 6) is 0.747. The molecule has 5 N–H and O–H groups in total. The van der Waals surface area contributed by atoms with E-state index in [1.165, 1.54) is 32.1 Å². The lowest BCUT2D eigenvalue weighted by atomic mass is 9.84. The average molecular weight is 415 g/mol. The van der Waals surface area contributed by atoms with Crippen molar-refractivity contribution in [2.45, 2.75) is 76.8 Å². The van der Waals surface area contributed by atoms with Gasteiger partial charge in [0.2, 0.25) is 11.8 Å². The summed E-state index contributed by atoms with van der Waals surface area (Å²) in [6, 6.07) is 6.99. The monoisotopic (exact) mass is 414 g/mol. The Labute approximate surface area is 178 Å². The highest BCUT2D eigenvalue weighted by molar-refractivity contribution is 5.92. The predicted octanol–water partition coefficient (Wildman–Crippen LogP) is 3.44. The molecule has 0 atom stereocenters. The van der Waals surface area contributed by atoms with E-state index in [0.29, 0.717) is 18.9 Å². The summed E-state index contributed by atoms with van der Waals surface area (Å²) in [7, 11) is 0. The number of carbonyl (C=O) groups excluding carboxylic acids is 3. The molecule has 2 aliphatic carbocycles. The van der Waals surface area contributed by atoms with Crippen LogP contribution in [0.1, 0.15) is 69.8 Å². The maximum Gasteiger partial charge on any atom is 0.312 e. The van der Waals surface area contributed by atoms with Crippen LogP contribution in [0.25, 0.3) is 0 Å². The molecule has 1 aromatic carbocycles. The molecule has 0 radical (unpaired) electrons. The Bertz CT molecular complexity index is 720. The maximum atomic E-state index is 12.6. The van der Waals surface area contributed by atoms with Gasteiger partial charge in [0.05, 0.1) is 0 Å². The van der Waals surface area contributed by atoms with Crippen LogP contribution < -0.4 is 21.7 Å². The zero-order valence-corrected chi connectivity index (χ0v) is 17.6. The molecule has 0 spiro atoms. The molecule has 3 rings (SSSR count). The lowest BCUT2D eigenvalue weighted by Gasteiger charge is -2.29. The second-order valence-corrected chi connectivity index (χ2v) is 8.73. The Kier molecular flexibility index (Phi) is 8.11. The Morgan fingerprint density at radius 1 is 0.900 bits per heavy atom. The fraction of sp³-hybridized carbons (Fsp3) is 0.609. The van der Waals surface area contributed by atoms with Gasteiger partial charge in [-0.3, -0.25) is 9.59 Å². The molecule has 0 aliphatic heterocycles. The molecule has 2 saturated carbocycles. The molecule has 2 aliphatic rings. The summed E-state index contributed by atoms with van der Waals surface area (Å²) in [6.45, 7) is 0.361. The Morgan fingerprint density at radius 2 is 1.57 bits per heavy atom. The molecular weight excluding hydrogens is 380 g/mol. The fourth-order valence-corrected chi connectivity index (χ4v) is 4.58. The summed E-state index contributed by atoms with van der Waals surface area (Å²) in [5.41, 5.74) is 6.72. The quantitative estimate of drug-likeness (QED) is 0.548. The molecule has 7 nitrogen and oxygen atoms in total. The zero-order valence-electron chi connectivity index (χ0n) is 17.6. The summed E-state index contributed by atoms with van der Waals surface area (Å²) >= 11 is 0. The minimum Gasteiger partial charge on any atom is -0.353 e. The number of anilines is 1. The predicted molar refractivity (Wildman–Crippen MR) is 117 cm³/mol. The first kappa shape index (κ1) is 22.1. The van der Waals surface area contributed by atoms with E-state index in [4.69, 9.17) is 5.73 Å². The summed E-state index contributed by atoms with van der Waals surface area (Å²) < 4.78 is 0. The highest BCUT2D eigenvalue weighted by atomic mass is 16.2. The number of nitrogens with two attached hydrogens (primary N) is 1. The molecule has 4 amide bonds. The Balaban J connectivity index is 1.37. The largest absolute Gasteiger partial charge is 0.353 e. The van der Waals surface area contributed by atoms with Crippen molar-refractivity contribution in [3.63, 3.8) is 0 Å². The third-order valence-corrected chi connectivity index (χ3v) is 6.35. The van der Waals surface area contributed by atoms with Gasteiger partial charge < -0.3 is 21.7 Å². The fourth-order valence-electron chi connectivity index (χ4n) is 4.58. The van der Waals surface area contributed by atoms with Gasteiger partial charge in [-0.1, -0.05) is 31.4 Å². The average Bonchev–Trinajstić information content (AvgIpc) is 2.74. The lowest BCUT2D eigenvalue weighted by Crippen LogP contribution is -2.40. The second-order valence-electron chi connectivity index (χ2n) is 8.73. The van der Waals surface area contributed by atoms with Crippen molar-refractivity contribution in [3.8, 4) is 0 Å². The first-order chi connectivity index (χ1) is 14.5. The number of carbonyl (C=O) groups is 3. The van der Waals surface area contributed by atoms with Crippen LogP contribution in [0.2, 0.25) is 0 Å². The van der Waals surface area contributed by atoms with Gasteiger partial charge in [-0.15, -0.1) is 0 Å². The van der Waals surface area contributed by atoms with E-state index in [2.05, 4.69) is 16.0 Å². The van der Waals surface area contributed by atoms with Gasteiger partial charge in [-0.05, 0) is 62.1 Å². The minimum absolute atomic E-state index is 0.0206. The van der Waals surface area contributed by atoms with Crippen molar-refractivity contribution in [1.82, 2.24) is 10.6 Å². The number of nitrogens with one attached hydrogen (secondary N) is 3. The SMILES string of the molecule is NC(=O)NCc1ccc(NC(=O)C2CCC(NC(=O)CC3CCCCC3)CC2)cc1. The zero-order chi connectivity index (χ0) is 21.3. The second kappa shape index (κ2) is 11.0. The van der Waals surface area contributed by atoms with Crippen LogP contribution in [0.5, 0.6) is 0 Å². The first-order valence-electron chi connectivity index (χ1n) is 11.2. The number of primary amides is 1. The van der Waals surface area contributed by atoms with Crippen molar-refractivity contribution >= 4 is 23.5 Å². The number of hydrogen-bond acceptors (Lipinski definition) is 3. The molecule has 0 bridgehead atoms. The van der Waals surface area contributed by atoms with Crippen LogP contribution in [-0.2, 0) is 16.1 Å². The van der Waals surface area contributed by atoms with E-state index >= 15 is 0 Å². The minimum atomic E-state index is -0.562. The van der Waals surface area contributed by atoms with Crippen LogP contribution in [-0.4, -0.2) is 23.9 Å². The van der Waals surface area contributed by atoms with Gasteiger partial charge in [0.15, 0.2) is 0 Å². The first-order valence-corrected chi connectivity index (χ1v) is 11.2. The van der Waals surface area contributed by atoms with Crippen LogP contribution >= 0.6 is 0 Å². The third kappa shape index (κ3) is 7.04. The van der Waals surface area contributed by atoms with E-state index in [0.717, 1.165) is 36.9 Å². The molecule has 7 heteroatoms. The Hall–Kier alpha value is -2.57. The molecule has 0 aromatic heterocycles. The third-order valence-electron chi connectivity index (χ3n) is 6.35. The standard InChI is InChI=1S/C23H34N4O3/c24-23(30)25-15-17-6-10-20(11-7-17)27-22(29)18-8-12-19(13-9-18)26-21(28)14-16-4-2-1-3-5-16/h6-7,10-11,16,18-19H,1-5,8-9,12-15H2,(H,26,28)(H,27,29)(H3,24,25,30). The van der Waals surface area contributed by atoms with E-state index in [9.17, 15) is 14.4 Å². The molecule has 2 fully saturated rings.